The molecule has 0 radical (unpaired) electrons. The Balaban J connectivity index is 1.97. The lowest BCUT2D eigenvalue weighted by Crippen LogP contribution is -2.35. The summed E-state index contributed by atoms with van der Waals surface area (Å²) in [6.45, 7) is 9.34. The molecule has 4 heteroatoms. The van der Waals surface area contributed by atoms with Crippen molar-refractivity contribution in [2.45, 2.75) is 33.6 Å². The number of aryl methyl sites for hydroxylation is 2. The molecule has 116 valence electrons. The molecule has 3 N–H and O–H groups in total. The molecule has 2 rings (SSSR count). The Morgan fingerprint density at radius 2 is 2.24 bits per heavy atom. The van der Waals surface area contributed by atoms with Crippen LogP contribution in [0.25, 0.3) is 0 Å². The fraction of sp³-hybridized carbons (Fsp3) is 0.588. The first kappa shape index (κ1) is 16.0. The predicted molar refractivity (Wildman–Crippen MR) is 87.4 cm³/mol. The Bertz CT molecular complexity index is 515. The molecular weight excluding hydrogens is 262 g/mol. The van der Waals surface area contributed by atoms with Crippen molar-refractivity contribution in [1.82, 2.24) is 4.90 Å². The Morgan fingerprint density at radius 3 is 2.86 bits per heavy atom. The molecular formula is C17H27N3O. The molecule has 0 aliphatic carbocycles. The Labute approximate surface area is 127 Å². The first-order valence-electron chi connectivity index (χ1n) is 7.78. The van der Waals surface area contributed by atoms with Crippen molar-refractivity contribution in [3.63, 3.8) is 0 Å². The van der Waals surface area contributed by atoms with Crippen LogP contribution in [-0.2, 0) is 11.2 Å². The number of hydrogen-bond donors (Lipinski definition) is 2. The zero-order chi connectivity index (χ0) is 15.5. The van der Waals surface area contributed by atoms with Crippen LogP contribution in [0.15, 0.2) is 18.2 Å². The summed E-state index contributed by atoms with van der Waals surface area (Å²) in [7, 11) is 0. The van der Waals surface area contributed by atoms with Crippen LogP contribution in [0.4, 0.5) is 5.69 Å². The van der Waals surface area contributed by atoms with Gasteiger partial charge in [-0.15, -0.1) is 0 Å². The Morgan fingerprint density at radius 1 is 1.48 bits per heavy atom. The summed E-state index contributed by atoms with van der Waals surface area (Å²) in [6, 6.07) is 6.15. The van der Waals surface area contributed by atoms with Gasteiger partial charge in [0, 0.05) is 12.2 Å². The number of carbonyl (C=O) groups is 1. The largest absolute Gasteiger partial charge is 0.330 e. The van der Waals surface area contributed by atoms with Crippen LogP contribution in [0.3, 0.4) is 0 Å². The van der Waals surface area contributed by atoms with Crippen molar-refractivity contribution in [2.24, 2.45) is 11.1 Å². The van der Waals surface area contributed by atoms with Crippen molar-refractivity contribution in [3.8, 4) is 0 Å². The van der Waals surface area contributed by atoms with E-state index in [-0.39, 0.29) is 11.3 Å². The fourth-order valence-corrected chi connectivity index (χ4v) is 3.01. The maximum Gasteiger partial charge on any atom is 0.238 e. The van der Waals surface area contributed by atoms with Crippen LogP contribution in [0, 0.1) is 12.3 Å². The van der Waals surface area contributed by atoms with Gasteiger partial charge >= 0.3 is 0 Å². The zero-order valence-corrected chi connectivity index (χ0v) is 13.4. The number of likely N-dealkylation sites (tertiary alicyclic amines) is 1. The van der Waals surface area contributed by atoms with E-state index < -0.39 is 0 Å². The second-order valence-corrected chi connectivity index (χ2v) is 6.49. The summed E-state index contributed by atoms with van der Waals surface area (Å²) in [5.41, 5.74) is 9.27. The van der Waals surface area contributed by atoms with Crippen molar-refractivity contribution < 1.29 is 4.79 Å². The standard InChI is InChI=1S/C17H27N3O/c1-4-14-7-5-6-13(2)16(14)19-15(21)10-20-9-8-17(3,11-18)12-20/h5-7H,4,8-12,18H2,1-3H3,(H,19,21). The van der Waals surface area contributed by atoms with Crippen LogP contribution in [0.5, 0.6) is 0 Å². The summed E-state index contributed by atoms with van der Waals surface area (Å²) in [5.74, 6) is 0.0697. The average molecular weight is 289 g/mol. The summed E-state index contributed by atoms with van der Waals surface area (Å²) < 4.78 is 0. The van der Waals surface area contributed by atoms with Gasteiger partial charge in [0.05, 0.1) is 6.54 Å². The number of carbonyl (C=O) groups excluding carboxylic acids is 1. The van der Waals surface area contributed by atoms with E-state index in [1.807, 2.05) is 19.1 Å². The van der Waals surface area contributed by atoms with Crippen LogP contribution < -0.4 is 11.1 Å². The molecule has 0 saturated carbocycles. The minimum absolute atomic E-state index is 0.0697. The van der Waals surface area contributed by atoms with E-state index in [2.05, 4.69) is 30.1 Å². The lowest BCUT2D eigenvalue weighted by atomic mass is 9.90. The van der Waals surface area contributed by atoms with Gasteiger partial charge in [-0.3, -0.25) is 9.69 Å². The maximum atomic E-state index is 12.3. The van der Waals surface area contributed by atoms with E-state index in [0.717, 1.165) is 37.2 Å². The lowest BCUT2D eigenvalue weighted by Gasteiger charge is -2.22. The first-order valence-corrected chi connectivity index (χ1v) is 7.78. The highest BCUT2D eigenvalue weighted by atomic mass is 16.2. The molecule has 0 aromatic heterocycles. The SMILES string of the molecule is CCc1cccc(C)c1NC(=O)CN1CCC(C)(CN)C1. The first-order chi connectivity index (χ1) is 9.97. The van der Waals surface area contributed by atoms with E-state index in [1.165, 1.54) is 5.56 Å². The van der Waals surface area contributed by atoms with Crippen LogP contribution in [0.1, 0.15) is 31.4 Å². The van der Waals surface area contributed by atoms with Crippen LogP contribution >= 0.6 is 0 Å². The molecule has 1 fully saturated rings. The predicted octanol–water partition coefficient (Wildman–Crippen LogP) is 2.17. The summed E-state index contributed by atoms with van der Waals surface area (Å²) in [5, 5.41) is 3.09. The molecule has 1 saturated heterocycles. The number of rotatable bonds is 5. The van der Waals surface area contributed by atoms with E-state index in [1.54, 1.807) is 0 Å². The van der Waals surface area contributed by atoms with Gasteiger partial charge in [0.2, 0.25) is 5.91 Å². The second kappa shape index (κ2) is 6.58. The number of benzene rings is 1. The third-order valence-electron chi connectivity index (χ3n) is 4.50. The second-order valence-electron chi connectivity index (χ2n) is 6.49. The smallest absolute Gasteiger partial charge is 0.238 e. The van der Waals surface area contributed by atoms with Gasteiger partial charge in [-0.2, -0.15) is 0 Å². The number of hydrogen-bond acceptors (Lipinski definition) is 3. The van der Waals surface area contributed by atoms with Crippen LogP contribution in [-0.4, -0.2) is 37.0 Å². The van der Waals surface area contributed by atoms with E-state index in [9.17, 15) is 4.79 Å². The van der Waals surface area contributed by atoms with Crippen LogP contribution in [0.2, 0.25) is 0 Å². The van der Waals surface area contributed by atoms with Crippen molar-refractivity contribution in [3.05, 3.63) is 29.3 Å². The molecule has 1 amide bonds. The fourth-order valence-electron chi connectivity index (χ4n) is 3.01. The third-order valence-corrected chi connectivity index (χ3v) is 4.50. The molecule has 21 heavy (non-hydrogen) atoms. The molecule has 4 nitrogen and oxygen atoms in total. The lowest BCUT2D eigenvalue weighted by molar-refractivity contribution is -0.117. The Kier molecular flexibility index (Phi) is 5.01. The van der Waals surface area contributed by atoms with E-state index >= 15 is 0 Å². The Hall–Kier alpha value is -1.39. The minimum Gasteiger partial charge on any atom is -0.330 e. The summed E-state index contributed by atoms with van der Waals surface area (Å²) >= 11 is 0. The van der Waals surface area contributed by atoms with Crippen molar-refractivity contribution in [1.29, 1.82) is 0 Å². The topological polar surface area (TPSA) is 58.4 Å². The number of nitrogens with zero attached hydrogens (tertiary/aromatic N) is 1. The molecule has 1 aromatic carbocycles. The van der Waals surface area contributed by atoms with Gasteiger partial charge in [-0.1, -0.05) is 32.0 Å². The number of para-hydroxylation sites is 1. The van der Waals surface area contributed by atoms with Gasteiger partial charge in [0.1, 0.15) is 0 Å². The number of nitrogens with one attached hydrogen (secondary N) is 1. The third kappa shape index (κ3) is 3.83. The molecule has 1 atom stereocenters. The summed E-state index contributed by atoms with van der Waals surface area (Å²) in [6.07, 6.45) is 1.99. The highest BCUT2D eigenvalue weighted by Gasteiger charge is 2.33. The molecule has 1 aliphatic rings. The van der Waals surface area contributed by atoms with Crippen molar-refractivity contribution in [2.75, 3.05) is 31.5 Å². The minimum atomic E-state index is 0.0697. The number of nitrogens with two attached hydrogens (primary N) is 1. The van der Waals surface area contributed by atoms with Gasteiger partial charge in [-0.25, -0.2) is 0 Å². The van der Waals surface area contributed by atoms with Gasteiger partial charge < -0.3 is 11.1 Å². The van der Waals surface area contributed by atoms with E-state index in [4.69, 9.17) is 5.73 Å². The number of anilines is 1. The average Bonchev–Trinajstić information content (AvgIpc) is 2.83. The molecule has 0 spiro atoms. The van der Waals surface area contributed by atoms with Crippen molar-refractivity contribution >= 4 is 11.6 Å². The molecule has 1 unspecified atom stereocenters. The maximum absolute atomic E-state index is 12.3. The van der Waals surface area contributed by atoms with Gasteiger partial charge in [0.25, 0.3) is 0 Å². The quantitative estimate of drug-likeness (QED) is 0.873. The monoisotopic (exact) mass is 289 g/mol. The molecule has 1 aliphatic heterocycles. The number of amides is 1. The highest BCUT2D eigenvalue weighted by Crippen LogP contribution is 2.28. The van der Waals surface area contributed by atoms with Gasteiger partial charge in [0.15, 0.2) is 0 Å². The molecule has 1 aromatic rings. The highest BCUT2D eigenvalue weighted by molar-refractivity contribution is 5.93. The zero-order valence-electron chi connectivity index (χ0n) is 13.4. The van der Waals surface area contributed by atoms with Gasteiger partial charge in [-0.05, 0) is 49.4 Å². The molecule has 1 heterocycles. The summed E-state index contributed by atoms with van der Waals surface area (Å²) in [4.78, 5) is 14.5. The normalized spacial score (nSPS) is 22.5. The molecule has 0 bridgehead atoms. The van der Waals surface area contributed by atoms with E-state index in [0.29, 0.717) is 13.1 Å².